The molecule has 2 aromatic rings. The standard InChI is InChI=1S/C27H27NO8/c1-5-16-27(24(30)34-3,25(31)35-4)20(17-21(29)33-2)28-22(18-12-8-6-9-13-18)23(36-26(28)32)19-14-10-7-11-15-19/h1,6-15,20,22-23H,16-17H2,2-4H3/t20-,22+,23-/m0/s1. The lowest BCUT2D eigenvalue weighted by atomic mass is 9.74. The Bertz CT molecular complexity index is 1130. The smallest absolute Gasteiger partial charge is 0.411 e. The second kappa shape index (κ2) is 11.4. The molecule has 1 aliphatic heterocycles. The molecular formula is C27H27NO8. The highest BCUT2D eigenvalue weighted by atomic mass is 16.6. The summed E-state index contributed by atoms with van der Waals surface area (Å²) in [4.78, 5) is 53.8. The molecule has 0 radical (unpaired) electrons. The number of ether oxygens (including phenoxy) is 4. The summed E-state index contributed by atoms with van der Waals surface area (Å²) >= 11 is 0. The zero-order valence-electron chi connectivity index (χ0n) is 20.2. The van der Waals surface area contributed by atoms with E-state index in [1.54, 1.807) is 54.6 Å². The number of carbonyl (C=O) groups excluding carboxylic acids is 4. The number of esters is 3. The summed E-state index contributed by atoms with van der Waals surface area (Å²) in [6.45, 7) is 0. The third-order valence-electron chi connectivity index (χ3n) is 6.27. The highest BCUT2D eigenvalue weighted by molar-refractivity contribution is 6.02. The van der Waals surface area contributed by atoms with E-state index in [4.69, 9.17) is 25.4 Å². The summed E-state index contributed by atoms with van der Waals surface area (Å²) in [5.41, 5.74) is -0.904. The first-order valence-electron chi connectivity index (χ1n) is 11.1. The van der Waals surface area contributed by atoms with Crippen molar-refractivity contribution < 1.29 is 38.1 Å². The Morgan fingerprint density at radius 1 is 0.944 bits per heavy atom. The fourth-order valence-electron chi connectivity index (χ4n) is 4.59. The largest absolute Gasteiger partial charge is 0.469 e. The minimum atomic E-state index is -2.23. The van der Waals surface area contributed by atoms with Crippen molar-refractivity contribution in [3.8, 4) is 12.3 Å². The number of terminal acetylenes is 1. The molecule has 0 aromatic heterocycles. The highest BCUT2D eigenvalue weighted by Gasteiger charge is 2.61. The lowest BCUT2D eigenvalue weighted by Gasteiger charge is -2.40. The number of cyclic esters (lactones) is 1. The molecule has 0 unspecified atom stereocenters. The first-order valence-corrected chi connectivity index (χ1v) is 11.1. The maximum absolute atomic E-state index is 13.5. The number of hydrogen-bond acceptors (Lipinski definition) is 8. The Labute approximate surface area is 209 Å². The van der Waals surface area contributed by atoms with Gasteiger partial charge in [-0.3, -0.25) is 19.3 Å². The van der Waals surface area contributed by atoms with E-state index in [9.17, 15) is 19.2 Å². The van der Waals surface area contributed by atoms with Gasteiger partial charge in [0.25, 0.3) is 0 Å². The van der Waals surface area contributed by atoms with Crippen molar-refractivity contribution in [1.29, 1.82) is 0 Å². The van der Waals surface area contributed by atoms with Crippen LogP contribution in [0.1, 0.15) is 36.1 Å². The molecule has 0 N–H and O–H groups in total. The zero-order valence-corrected chi connectivity index (χ0v) is 20.2. The molecule has 36 heavy (non-hydrogen) atoms. The van der Waals surface area contributed by atoms with E-state index >= 15 is 0 Å². The highest BCUT2D eigenvalue weighted by Crippen LogP contribution is 2.48. The molecule has 3 atom stereocenters. The molecule has 1 aliphatic rings. The van der Waals surface area contributed by atoms with Gasteiger partial charge < -0.3 is 18.9 Å². The molecule has 9 nitrogen and oxygen atoms in total. The van der Waals surface area contributed by atoms with Crippen molar-refractivity contribution in [2.45, 2.75) is 31.0 Å². The van der Waals surface area contributed by atoms with E-state index in [1.165, 1.54) is 4.90 Å². The fourth-order valence-corrected chi connectivity index (χ4v) is 4.59. The Morgan fingerprint density at radius 3 is 1.94 bits per heavy atom. The average molecular weight is 494 g/mol. The normalized spacial score (nSPS) is 17.9. The maximum atomic E-state index is 13.5. The summed E-state index contributed by atoms with van der Waals surface area (Å²) in [5.74, 6) is -0.570. The van der Waals surface area contributed by atoms with Gasteiger partial charge in [0, 0.05) is 6.42 Å². The molecule has 9 heteroatoms. The van der Waals surface area contributed by atoms with Crippen LogP contribution in [0.2, 0.25) is 0 Å². The van der Waals surface area contributed by atoms with Crippen molar-refractivity contribution in [3.63, 3.8) is 0 Å². The molecule has 0 saturated carbocycles. The first kappa shape index (κ1) is 26.3. The van der Waals surface area contributed by atoms with Crippen LogP contribution in [-0.2, 0) is 33.3 Å². The van der Waals surface area contributed by atoms with Crippen molar-refractivity contribution in [1.82, 2.24) is 4.90 Å². The lowest BCUT2D eigenvalue weighted by molar-refractivity contribution is -0.175. The fraction of sp³-hybridized carbons (Fsp3) is 0.333. The van der Waals surface area contributed by atoms with Gasteiger partial charge in [0.15, 0.2) is 11.5 Å². The Morgan fingerprint density at radius 2 is 1.47 bits per heavy atom. The van der Waals surface area contributed by atoms with Crippen LogP contribution < -0.4 is 0 Å². The topological polar surface area (TPSA) is 108 Å². The monoisotopic (exact) mass is 493 g/mol. The molecule has 1 saturated heterocycles. The van der Waals surface area contributed by atoms with Gasteiger partial charge in [-0.2, -0.15) is 0 Å². The quantitative estimate of drug-likeness (QED) is 0.227. The van der Waals surface area contributed by atoms with E-state index in [-0.39, 0.29) is 0 Å². The molecule has 3 rings (SSSR count). The number of nitrogens with zero attached hydrogens (tertiary/aromatic N) is 1. The van der Waals surface area contributed by atoms with Crippen LogP contribution in [0.4, 0.5) is 4.79 Å². The Balaban J connectivity index is 2.30. The number of amides is 1. The summed E-state index contributed by atoms with van der Waals surface area (Å²) in [6.07, 6.45) is 2.86. The predicted molar refractivity (Wildman–Crippen MR) is 127 cm³/mol. The van der Waals surface area contributed by atoms with Gasteiger partial charge in [-0.25, -0.2) is 4.79 Å². The second-order valence-electron chi connectivity index (χ2n) is 8.11. The summed E-state index contributed by atoms with van der Waals surface area (Å²) < 4.78 is 20.6. The van der Waals surface area contributed by atoms with Crippen LogP contribution in [0.3, 0.4) is 0 Å². The number of rotatable bonds is 9. The number of methoxy groups -OCH3 is 3. The zero-order chi connectivity index (χ0) is 26.3. The van der Waals surface area contributed by atoms with Crippen LogP contribution in [0.25, 0.3) is 0 Å². The third-order valence-corrected chi connectivity index (χ3v) is 6.27. The van der Waals surface area contributed by atoms with E-state index in [0.717, 1.165) is 21.3 Å². The minimum absolute atomic E-state index is 0.505. The minimum Gasteiger partial charge on any atom is -0.469 e. The van der Waals surface area contributed by atoms with E-state index in [2.05, 4.69) is 5.92 Å². The summed E-state index contributed by atoms with van der Waals surface area (Å²) in [6, 6.07) is 15.7. The molecule has 0 aliphatic carbocycles. The average Bonchev–Trinajstić information content (AvgIpc) is 3.27. The number of carbonyl (C=O) groups is 4. The van der Waals surface area contributed by atoms with E-state index in [0.29, 0.717) is 11.1 Å². The second-order valence-corrected chi connectivity index (χ2v) is 8.11. The summed E-state index contributed by atoms with van der Waals surface area (Å²) in [7, 11) is 3.31. The third kappa shape index (κ3) is 4.75. The van der Waals surface area contributed by atoms with Crippen LogP contribution in [-0.4, -0.2) is 56.3 Å². The van der Waals surface area contributed by atoms with Crippen molar-refractivity contribution >= 4 is 24.0 Å². The molecule has 0 spiro atoms. The Hall–Kier alpha value is -4.32. The molecule has 2 aromatic carbocycles. The number of benzene rings is 2. The van der Waals surface area contributed by atoms with Crippen molar-refractivity contribution in [2.24, 2.45) is 5.41 Å². The Kier molecular flexibility index (Phi) is 8.33. The first-order chi connectivity index (χ1) is 17.3. The molecule has 1 fully saturated rings. The lowest BCUT2D eigenvalue weighted by Crippen LogP contribution is -2.58. The van der Waals surface area contributed by atoms with Gasteiger partial charge >= 0.3 is 24.0 Å². The maximum Gasteiger partial charge on any atom is 0.411 e. The van der Waals surface area contributed by atoms with E-state index < -0.39 is 60.4 Å². The molecule has 0 bridgehead atoms. The van der Waals surface area contributed by atoms with Crippen LogP contribution in [0.5, 0.6) is 0 Å². The van der Waals surface area contributed by atoms with Crippen LogP contribution in [0.15, 0.2) is 60.7 Å². The molecule has 1 amide bonds. The van der Waals surface area contributed by atoms with Crippen LogP contribution >= 0.6 is 0 Å². The SMILES string of the molecule is C#CCC(C(=O)OC)(C(=O)OC)[C@H](CC(=O)OC)N1C(=O)O[C@@H](c2ccccc2)[C@H]1c1ccccc1. The van der Waals surface area contributed by atoms with Gasteiger partial charge in [0.2, 0.25) is 0 Å². The van der Waals surface area contributed by atoms with Gasteiger partial charge in [-0.1, -0.05) is 60.7 Å². The molecular weight excluding hydrogens is 466 g/mol. The molecule has 1 heterocycles. The number of hydrogen-bond donors (Lipinski definition) is 0. The van der Waals surface area contributed by atoms with Crippen LogP contribution in [0, 0.1) is 17.8 Å². The van der Waals surface area contributed by atoms with Crippen molar-refractivity contribution in [3.05, 3.63) is 71.8 Å². The van der Waals surface area contributed by atoms with Gasteiger partial charge in [0.05, 0.1) is 33.8 Å². The van der Waals surface area contributed by atoms with Gasteiger partial charge in [-0.15, -0.1) is 12.3 Å². The van der Waals surface area contributed by atoms with Gasteiger partial charge in [0.1, 0.15) is 6.04 Å². The summed E-state index contributed by atoms with van der Waals surface area (Å²) in [5, 5.41) is 0. The molecule has 188 valence electrons. The van der Waals surface area contributed by atoms with Gasteiger partial charge in [-0.05, 0) is 11.1 Å². The van der Waals surface area contributed by atoms with E-state index in [1.807, 2.05) is 6.07 Å². The predicted octanol–water partition coefficient (Wildman–Crippen LogP) is 3.21. The van der Waals surface area contributed by atoms with Crippen molar-refractivity contribution in [2.75, 3.05) is 21.3 Å².